The lowest BCUT2D eigenvalue weighted by atomic mass is 9.98. The number of anilines is 1. The van der Waals surface area contributed by atoms with E-state index in [1.165, 1.54) is 18.2 Å². The summed E-state index contributed by atoms with van der Waals surface area (Å²) in [6.07, 6.45) is 2.03. The molecule has 0 aliphatic carbocycles. The minimum Gasteiger partial charge on any atom is -0.398 e. The summed E-state index contributed by atoms with van der Waals surface area (Å²) in [6.45, 7) is 2.50. The average Bonchev–Trinajstić information content (AvgIpc) is 2.41. The number of piperidine rings is 1. The Morgan fingerprint density at radius 3 is 2.65 bits per heavy atom. The van der Waals surface area contributed by atoms with Crippen LogP contribution >= 0.6 is 11.6 Å². The number of likely N-dealkylation sites (tertiary alicyclic amines) is 1. The number of nitrogens with zero attached hydrogens (tertiary/aromatic N) is 1. The minimum absolute atomic E-state index is 0.157. The van der Waals surface area contributed by atoms with Gasteiger partial charge in [-0.1, -0.05) is 11.6 Å². The van der Waals surface area contributed by atoms with E-state index in [4.69, 9.17) is 17.3 Å². The monoisotopic (exact) mass is 317 g/mol. The lowest BCUT2D eigenvalue weighted by molar-refractivity contribution is 0.220. The zero-order valence-electron chi connectivity index (χ0n) is 11.5. The van der Waals surface area contributed by atoms with E-state index in [1.54, 1.807) is 0 Å². The third-order valence-corrected chi connectivity index (χ3v) is 5.43. The summed E-state index contributed by atoms with van der Waals surface area (Å²) in [5.41, 5.74) is 5.96. The number of hydrogen-bond donors (Lipinski definition) is 2. The van der Waals surface area contributed by atoms with Crippen LogP contribution in [0.25, 0.3) is 0 Å². The lowest BCUT2D eigenvalue weighted by Crippen LogP contribution is -2.36. The van der Waals surface area contributed by atoms with Gasteiger partial charge >= 0.3 is 0 Å². The third kappa shape index (κ3) is 3.85. The van der Waals surface area contributed by atoms with E-state index in [1.807, 2.05) is 0 Å². The van der Waals surface area contributed by atoms with Crippen LogP contribution in [0.3, 0.4) is 0 Å². The largest absolute Gasteiger partial charge is 0.398 e. The van der Waals surface area contributed by atoms with Crippen molar-refractivity contribution in [1.82, 2.24) is 9.62 Å². The van der Waals surface area contributed by atoms with E-state index < -0.39 is 10.0 Å². The number of halogens is 1. The van der Waals surface area contributed by atoms with Crippen molar-refractivity contribution >= 4 is 27.3 Å². The van der Waals surface area contributed by atoms with E-state index in [0.29, 0.717) is 18.2 Å². The molecule has 1 saturated heterocycles. The highest BCUT2D eigenvalue weighted by Crippen LogP contribution is 2.23. The molecule has 1 aliphatic rings. The molecule has 0 aromatic heterocycles. The molecule has 20 heavy (non-hydrogen) atoms. The highest BCUT2D eigenvalue weighted by molar-refractivity contribution is 7.89. The van der Waals surface area contributed by atoms with E-state index in [9.17, 15) is 8.42 Å². The Hall–Kier alpha value is -0.820. The van der Waals surface area contributed by atoms with Crippen molar-refractivity contribution in [2.24, 2.45) is 5.92 Å². The minimum atomic E-state index is -3.52. The molecule has 0 saturated carbocycles. The topological polar surface area (TPSA) is 75.4 Å². The van der Waals surface area contributed by atoms with Gasteiger partial charge in [-0.15, -0.1) is 0 Å². The van der Waals surface area contributed by atoms with E-state index in [2.05, 4.69) is 16.7 Å². The summed E-state index contributed by atoms with van der Waals surface area (Å²) >= 11 is 5.86. The van der Waals surface area contributed by atoms with Gasteiger partial charge in [0.25, 0.3) is 0 Å². The van der Waals surface area contributed by atoms with Crippen molar-refractivity contribution in [3.05, 3.63) is 23.2 Å². The summed E-state index contributed by atoms with van der Waals surface area (Å²) in [7, 11) is -1.44. The number of sulfonamides is 1. The molecule has 0 spiro atoms. The maximum Gasteiger partial charge on any atom is 0.240 e. The van der Waals surface area contributed by atoms with Crippen molar-refractivity contribution in [3.8, 4) is 0 Å². The van der Waals surface area contributed by atoms with Crippen LogP contribution in [-0.4, -0.2) is 40.0 Å². The summed E-state index contributed by atoms with van der Waals surface area (Å²) in [6, 6.07) is 4.36. The maximum absolute atomic E-state index is 12.2. The van der Waals surface area contributed by atoms with Crippen LogP contribution in [0.4, 0.5) is 5.69 Å². The molecule has 1 aromatic rings. The molecule has 5 nitrogen and oxygen atoms in total. The van der Waals surface area contributed by atoms with Crippen LogP contribution in [0.15, 0.2) is 23.1 Å². The van der Waals surface area contributed by atoms with Crippen LogP contribution in [0.1, 0.15) is 12.8 Å². The molecule has 0 amide bonds. The number of nitrogens with one attached hydrogen (secondary N) is 1. The molecule has 0 bridgehead atoms. The summed E-state index contributed by atoms with van der Waals surface area (Å²) in [4.78, 5) is 2.41. The van der Waals surface area contributed by atoms with Gasteiger partial charge in [0, 0.05) is 6.54 Å². The molecule has 0 unspecified atom stereocenters. The van der Waals surface area contributed by atoms with Gasteiger partial charge in [-0.2, -0.15) is 0 Å². The standard InChI is InChI=1S/C13H20ClN3O2S/c1-17-6-4-10(5-7-17)9-16-20(18,19)11-2-3-13(15)12(14)8-11/h2-3,8,10,16H,4-7,9,15H2,1H3. The molecule has 3 N–H and O–H groups in total. The molecule has 7 heteroatoms. The fourth-order valence-electron chi connectivity index (χ4n) is 2.25. The van der Waals surface area contributed by atoms with Crippen LogP contribution in [0, 0.1) is 5.92 Å². The number of rotatable bonds is 4. The maximum atomic E-state index is 12.2. The van der Waals surface area contributed by atoms with Gasteiger partial charge < -0.3 is 10.6 Å². The smallest absolute Gasteiger partial charge is 0.240 e. The van der Waals surface area contributed by atoms with Crippen molar-refractivity contribution in [2.45, 2.75) is 17.7 Å². The van der Waals surface area contributed by atoms with Gasteiger partial charge in [0.05, 0.1) is 15.6 Å². The van der Waals surface area contributed by atoms with Crippen molar-refractivity contribution in [2.75, 3.05) is 32.4 Å². The van der Waals surface area contributed by atoms with Gasteiger partial charge in [-0.3, -0.25) is 0 Å². The zero-order chi connectivity index (χ0) is 14.8. The highest BCUT2D eigenvalue weighted by atomic mass is 35.5. The molecule has 1 aromatic carbocycles. The molecule has 0 atom stereocenters. The van der Waals surface area contributed by atoms with Gasteiger partial charge in [0.1, 0.15) is 0 Å². The Kier molecular flexibility index (Phi) is 4.90. The Labute approximate surface area is 125 Å². The van der Waals surface area contributed by atoms with Gasteiger partial charge in [-0.05, 0) is 57.1 Å². The predicted molar refractivity (Wildman–Crippen MR) is 81.3 cm³/mol. The second-order valence-corrected chi connectivity index (χ2v) is 7.46. The SMILES string of the molecule is CN1CCC(CNS(=O)(=O)c2ccc(N)c(Cl)c2)CC1. The zero-order valence-corrected chi connectivity index (χ0v) is 13.0. The fourth-order valence-corrected chi connectivity index (χ4v) is 3.64. The summed E-state index contributed by atoms with van der Waals surface area (Å²) in [5.74, 6) is 0.394. The number of benzene rings is 1. The van der Waals surface area contributed by atoms with Gasteiger partial charge in [-0.25, -0.2) is 13.1 Å². The number of nitrogens with two attached hydrogens (primary N) is 1. The number of nitrogen functional groups attached to an aromatic ring is 1. The first-order valence-corrected chi connectivity index (χ1v) is 8.48. The molecule has 1 fully saturated rings. The molecule has 0 radical (unpaired) electrons. The van der Waals surface area contributed by atoms with Gasteiger partial charge in [0.2, 0.25) is 10.0 Å². The Balaban J connectivity index is 1.98. The van der Waals surface area contributed by atoms with E-state index >= 15 is 0 Å². The Bertz CT molecular complexity index is 569. The Morgan fingerprint density at radius 1 is 1.40 bits per heavy atom. The molecule has 1 heterocycles. The van der Waals surface area contributed by atoms with Crippen molar-refractivity contribution < 1.29 is 8.42 Å². The van der Waals surface area contributed by atoms with Crippen molar-refractivity contribution in [3.63, 3.8) is 0 Å². The van der Waals surface area contributed by atoms with E-state index in [-0.39, 0.29) is 9.92 Å². The third-order valence-electron chi connectivity index (χ3n) is 3.68. The van der Waals surface area contributed by atoms with Crippen molar-refractivity contribution in [1.29, 1.82) is 0 Å². The highest BCUT2D eigenvalue weighted by Gasteiger charge is 2.20. The lowest BCUT2D eigenvalue weighted by Gasteiger charge is -2.28. The second kappa shape index (κ2) is 6.30. The normalized spacial score (nSPS) is 18.3. The molecule has 1 aliphatic heterocycles. The van der Waals surface area contributed by atoms with Crippen LogP contribution in [-0.2, 0) is 10.0 Å². The average molecular weight is 318 g/mol. The van der Waals surface area contributed by atoms with Crippen LogP contribution < -0.4 is 10.5 Å². The molecule has 112 valence electrons. The summed E-state index contributed by atoms with van der Waals surface area (Å²) < 4.78 is 27.0. The summed E-state index contributed by atoms with van der Waals surface area (Å²) in [5, 5.41) is 0.257. The van der Waals surface area contributed by atoms with E-state index in [0.717, 1.165) is 25.9 Å². The molecular weight excluding hydrogens is 298 g/mol. The molecule has 2 rings (SSSR count). The predicted octanol–water partition coefficient (Wildman–Crippen LogP) is 1.54. The van der Waals surface area contributed by atoms with Crippen LogP contribution in [0.5, 0.6) is 0 Å². The Morgan fingerprint density at radius 2 is 2.05 bits per heavy atom. The second-order valence-electron chi connectivity index (χ2n) is 5.28. The first-order valence-electron chi connectivity index (χ1n) is 6.62. The molecular formula is C13H20ClN3O2S. The first-order chi connectivity index (χ1) is 9.38. The number of hydrogen-bond acceptors (Lipinski definition) is 4. The van der Waals surface area contributed by atoms with Crippen LogP contribution in [0.2, 0.25) is 5.02 Å². The first kappa shape index (κ1) is 15.6. The quantitative estimate of drug-likeness (QED) is 0.826. The van der Waals surface area contributed by atoms with Gasteiger partial charge in [0.15, 0.2) is 0 Å². The fraction of sp³-hybridized carbons (Fsp3) is 0.538.